The number of amides is 1. The summed E-state index contributed by atoms with van der Waals surface area (Å²) < 4.78 is 9.96. The van der Waals surface area contributed by atoms with E-state index in [1.807, 2.05) is 0 Å². The fourth-order valence-electron chi connectivity index (χ4n) is 1.86. The minimum atomic E-state index is -1.30. The van der Waals surface area contributed by atoms with Crippen LogP contribution in [0.15, 0.2) is 30.0 Å². The third-order valence-electron chi connectivity index (χ3n) is 2.78. The minimum Gasteiger partial charge on any atom is -0.419 e. The zero-order valence-electron chi connectivity index (χ0n) is 12.7. The first-order valence-electron chi connectivity index (χ1n) is 6.68. The molecule has 0 saturated carbocycles. The molecule has 7 nitrogen and oxygen atoms in total. The van der Waals surface area contributed by atoms with Crippen LogP contribution in [0.5, 0.6) is 0 Å². The van der Waals surface area contributed by atoms with E-state index >= 15 is 0 Å². The van der Waals surface area contributed by atoms with Gasteiger partial charge in [-0.2, -0.15) is 0 Å². The van der Waals surface area contributed by atoms with Gasteiger partial charge in [-0.05, 0) is 18.2 Å². The Bertz CT molecular complexity index is 690. The Balaban J connectivity index is 2.26. The first-order valence-corrected chi connectivity index (χ1v) is 7.06. The third-order valence-corrected chi connectivity index (χ3v) is 3.02. The lowest BCUT2D eigenvalue weighted by atomic mass is 10.2. The number of esters is 2. The molecule has 2 N–H and O–H groups in total. The lowest BCUT2D eigenvalue weighted by molar-refractivity contribution is -0.222. The van der Waals surface area contributed by atoms with Gasteiger partial charge in [0.25, 0.3) is 5.79 Å². The Morgan fingerprint density at radius 2 is 1.78 bits per heavy atom. The average molecular weight is 339 g/mol. The summed E-state index contributed by atoms with van der Waals surface area (Å²) in [5.74, 6) is -3.19. The molecule has 1 heterocycles. The van der Waals surface area contributed by atoms with Crippen LogP contribution in [-0.4, -0.2) is 23.6 Å². The van der Waals surface area contributed by atoms with Crippen molar-refractivity contribution >= 4 is 40.8 Å². The second-order valence-electron chi connectivity index (χ2n) is 5.25. The van der Waals surface area contributed by atoms with Gasteiger partial charge in [-0.1, -0.05) is 11.6 Å². The molecule has 0 aliphatic carbocycles. The molecule has 0 atom stereocenters. The van der Waals surface area contributed by atoms with Crippen molar-refractivity contribution in [2.75, 3.05) is 10.6 Å². The van der Waals surface area contributed by atoms with Gasteiger partial charge in [0.1, 0.15) is 0 Å². The summed E-state index contributed by atoms with van der Waals surface area (Å²) in [5, 5.41) is 5.77. The summed E-state index contributed by atoms with van der Waals surface area (Å²) in [6.07, 6.45) is 1.15. The number of rotatable bonds is 3. The average Bonchev–Trinajstić information content (AvgIpc) is 2.38. The maximum atomic E-state index is 11.8. The number of ether oxygens (including phenoxy) is 2. The smallest absolute Gasteiger partial charge is 0.350 e. The van der Waals surface area contributed by atoms with Crippen molar-refractivity contribution in [3.05, 3.63) is 35.0 Å². The van der Waals surface area contributed by atoms with Gasteiger partial charge in [-0.15, -0.1) is 0 Å². The second kappa shape index (κ2) is 6.29. The van der Waals surface area contributed by atoms with Crippen LogP contribution >= 0.6 is 11.6 Å². The van der Waals surface area contributed by atoms with Crippen molar-refractivity contribution < 1.29 is 23.9 Å². The van der Waals surface area contributed by atoms with Crippen LogP contribution in [-0.2, 0) is 23.9 Å². The highest BCUT2D eigenvalue weighted by Crippen LogP contribution is 2.27. The molecule has 1 aromatic carbocycles. The van der Waals surface area contributed by atoms with Gasteiger partial charge >= 0.3 is 11.9 Å². The monoisotopic (exact) mass is 338 g/mol. The van der Waals surface area contributed by atoms with E-state index in [1.54, 1.807) is 12.1 Å². The van der Waals surface area contributed by atoms with Crippen LogP contribution in [0.4, 0.5) is 11.4 Å². The number of carbonyl (C=O) groups is 3. The largest absolute Gasteiger partial charge is 0.419 e. The van der Waals surface area contributed by atoms with Crippen LogP contribution in [0, 0.1) is 0 Å². The first kappa shape index (κ1) is 16.8. The first-order chi connectivity index (χ1) is 10.7. The Hall–Kier alpha value is -2.54. The van der Waals surface area contributed by atoms with Gasteiger partial charge in [0, 0.05) is 32.0 Å². The van der Waals surface area contributed by atoms with Gasteiger partial charge in [0.2, 0.25) is 5.91 Å². The number of carbonyl (C=O) groups excluding carboxylic acids is 3. The number of hydrogen-bond acceptors (Lipinski definition) is 6. The highest BCUT2D eigenvalue weighted by Gasteiger charge is 2.38. The zero-order valence-corrected chi connectivity index (χ0v) is 13.5. The molecule has 8 heteroatoms. The zero-order chi connectivity index (χ0) is 17.2. The molecule has 2 rings (SSSR count). The molecule has 0 unspecified atom stereocenters. The van der Waals surface area contributed by atoms with E-state index in [-0.39, 0.29) is 11.5 Å². The number of anilines is 2. The normalized spacial score (nSPS) is 16.3. The fourth-order valence-corrected chi connectivity index (χ4v) is 2.04. The summed E-state index contributed by atoms with van der Waals surface area (Å²) in [7, 11) is 0. The lowest BCUT2D eigenvalue weighted by Gasteiger charge is -2.29. The van der Waals surface area contributed by atoms with Crippen LogP contribution in [0.1, 0.15) is 20.8 Å². The van der Waals surface area contributed by atoms with Crippen LogP contribution in [0.25, 0.3) is 0 Å². The fraction of sp³-hybridized carbons (Fsp3) is 0.267. The van der Waals surface area contributed by atoms with Crippen molar-refractivity contribution in [2.24, 2.45) is 0 Å². The van der Waals surface area contributed by atoms with Gasteiger partial charge < -0.3 is 20.1 Å². The van der Waals surface area contributed by atoms with Gasteiger partial charge in [-0.25, -0.2) is 9.59 Å². The number of nitrogens with one attached hydrogen (secondary N) is 2. The quantitative estimate of drug-likeness (QED) is 0.499. The molecule has 0 bridgehead atoms. The van der Waals surface area contributed by atoms with Crippen LogP contribution in [0.2, 0.25) is 5.02 Å². The summed E-state index contributed by atoms with van der Waals surface area (Å²) in [6.45, 7) is 4.27. The van der Waals surface area contributed by atoms with Crippen molar-refractivity contribution in [3.63, 3.8) is 0 Å². The SMILES string of the molecule is CC(=O)Nc1ccc(Cl)cc1NC=C1C(=O)OC(C)(C)OC1=O. The topological polar surface area (TPSA) is 93.7 Å². The van der Waals surface area contributed by atoms with Crippen molar-refractivity contribution in [1.29, 1.82) is 0 Å². The second-order valence-corrected chi connectivity index (χ2v) is 5.69. The summed E-state index contributed by atoms with van der Waals surface area (Å²) in [5.41, 5.74) is 0.556. The van der Waals surface area contributed by atoms with E-state index in [9.17, 15) is 14.4 Å². The minimum absolute atomic E-state index is 0.277. The van der Waals surface area contributed by atoms with E-state index in [0.717, 1.165) is 6.20 Å². The van der Waals surface area contributed by atoms with Gasteiger partial charge in [0.15, 0.2) is 5.57 Å². The number of halogens is 1. The van der Waals surface area contributed by atoms with Crippen molar-refractivity contribution in [3.8, 4) is 0 Å². The Morgan fingerprint density at radius 3 is 2.35 bits per heavy atom. The molecule has 1 aromatic rings. The van der Waals surface area contributed by atoms with Crippen molar-refractivity contribution in [2.45, 2.75) is 26.6 Å². The molecule has 0 aromatic heterocycles. The Labute approximate surface area is 137 Å². The van der Waals surface area contributed by atoms with E-state index in [2.05, 4.69) is 10.6 Å². The van der Waals surface area contributed by atoms with E-state index in [1.165, 1.54) is 26.8 Å². The molecule has 1 fully saturated rings. The molecule has 0 radical (unpaired) electrons. The molecule has 1 amide bonds. The number of cyclic esters (lactones) is 2. The Morgan fingerprint density at radius 1 is 1.17 bits per heavy atom. The highest BCUT2D eigenvalue weighted by molar-refractivity contribution is 6.31. The molecule has 122 valence electrons. The molecule has 23 heavy (non-hydrogen) atoms. The molecule has 1 aliphatic heterocycles. The predicted molar refractivity (Wildman–Crippen MR) is 83.7 cm³/mol. The lowest BCUT2D eigenvalue weighted by Crippen LogP contribution is -2.42. The third kappa shape index (κ3) is 4.23. The van der Waals surface area contributed by atoms with E-state index in [0.29, 0.717) is 16.4 Å². The molecular weight excluding hydrogens is 324 g/mol. The molecule has 1 saturated heterocycles. The Kier molecular flexibility index (Phi) is 4.60. The van der Waals surface area contributed by atoms with Gasteiger partial charge in [0.05, 0.1) is 11.4 Å². The summed E-state index contributed by atoms with van der Waals surface area (Å²) in [6, 6.07) is 4.72. The maximum Gasteiger partial charge on any atom is 0.350 e. The van der Waals surface area contributed by atoms with Crippen LogP contribution < -0.4 is 10.6 Å². The predicted octanol–water partition coefficient (Wildman–Crippen LogP) is 2.43. The van der Waals surface area contributed by atoms with Crippen LogP contribution in [0.3, 0.4) is 0 Å². The summed E-state index contributed by atoms with van der Waals surface area (Å²) in [4.78, 5) is 34.9. The van der Waals surface area contributed by atoms with E-state index in [4.69, 9.17) is 21.1 Å². The van der Waals surface area contributed by atoms with Crippen molar-refractivity contribution in [1.82, 2.24) is 0 Å². The molecule has 1 aliphatic rings. The number of benzene rings is 1. The highest BCUT2D eigenvalue weighted by atomic mass is 35.5. The van der Waals surface area contributed by atoms with Gasteiger partial charge in [-0.3, -0.25) is 4.79 Å². The molecular formula is C15H15ClN2O5. The molecule has 0 spiro atoms. The summed E-state index contributed by atoms with van der Waals surface area (Å²) >= 11 is 5.91. The van der Waals surface area contributed by atoms with E-state index < -0.39 is 17.7 Å². The standard InChI is InChI=1S/C15H15ClN2O5/c1-8(19)18-11-5-4-9(16)6-12(11)17-7-10-13(20)22-15(2,3)23-14(10)21/h4-7,17H,1-3H3,(H,18,19). The number of hydrogen-bond donors (Lipinski definition) is 2. The maximum absolute atomic E-state index is 11.8.